The number of aromatic amines is 1. The fourth-order valence-electron chi connectivity index (χ4n) is 7.54. The van der Waals surface area contributed by atoms with Crippen molar-refractivity contribution in [1.82, 2.24) is 39.7 Å². The summed E-state index contributed by atoms with van der Waals surface area (Å²) >= 11 is 30.3. The standard InChI is InChI=1S/C23H25Cl2N5O2.C14H18Cl2N2O2.C9H8ClN3.CH2O3.2K.H/c1-15-13-28(17-7-8-18(24)20(12-17)32-3)10-11-29(15)21(31)14-30-16(2)22(25)23(27-30)19-6-4-5-9-26-19;1-10-9-17(5-6-18(10)14(19)8-15)11-3-4-12(16)13(7-11)20-2;1-6-8(10)9(13-12-6)7-4-2-3-5-11-7;2-1-4-3;;;/h4-9,12,15H,10-11,13-14H2,1-3H3;3-4,7,10H,5-6,8-9H2,1-2H3;2-5H,1H3,(H,12,13);1,3H;;;/q;;;;2*+1;-1/p-1/t15-;10-;;;;;/m00...../s1. The molecule has 4 aromatic heterocycles. The van der Waals surface area contributed by atoms with Gasteiger partial charge >= 0.3 is 103 Å². The number of rotatable bonds is 10. The fraction of sp³-hybridized carbons (Fsp3) is 0.340. The number of carbonyl (C=O) groups excluding carboxylic acids is 3. The Balaban J connectivity index is 0.000000380. The van der Waals surface area contributed by atoms with Crippen LogP contribution in [0.25, 0.3) is 22.8 Å². The molecule has 370 valence electrons. The van der Waals surface area contributed by atoms with E-state index >= 15 is 0 Å². The number of methoxy groups -OCH3 is 2. The largest absolute Gasteiger partial charge is 1.00 e. The molecule has 6 heterocycles. The summed E-state index contributed by atoms with van der Waals surface area (Å²) in [5, 5.41) is 22.2. The van der Waals surface area contributed by atoms with E-state index in [-0.39, 0.29) is 147 Å². The Bertz CT molecular complexity index is 2650. The van der Waals surface area contributed by atoms with Crippen molar-refractivity contribution in [2.75, 3.05) is 69.2 Å². The Hall–Kier alpha value is -2.55. The van der Waals surface area contributed by atoms with E-state index < -0.39 is 0 Å². The molecular formula is C47H53Cl5K2N10O7. The number of aryl methyl sites for hydroxylation is 1. The smallest absolute Gasteiger partial charge is 1.00 e. The number of nitrogens with zero attached hydrogens (tertiary/aromatic N) is 9. The number of anilines is 2. The first-order valence-electron chi connectivity index (χ1n) is 21.5. The van der Waals surface area contributed by atoms with E-state index in [2.05, 4.69) is 46.9 Å². The minimum atomic E-state index is -0.181. The van der Waals surface area contributed by atoms with Crippen LogP contribution in [0.4, 0.5) is 11.4 Å². The third-order valence-electron chi connectivity index (χ3n) is 11.2. The van der Waals surface area contributed by atoms with Gasteiger partial charge in [0.05, 0.1) is 57.1 Å². The van der Waals surface area contributed by atoms with Crippen molar-refractivity contribution in [1.29, 1.82) is 0 Å². The summed E-state index contributed by atoms with van der Waals surface area (Å²) in [5.41, 5.74) is 6.47. The van der Waals surface area contributed by atoms with Crippen LogP contribution in [-0.2, 0) is 25.8 Å². The number of hydrogen-bond acceptors (Lipinski definition) is 13. The van der Waals surface area contributed by atoms with Gasteiger partial charge in [0.1, 0.15) is 35.3 Å². The maximum Gasteiger partial charge on any atom is 1.00 e. The second kappa shape index (κ2) is 31.4. The van der Waals surface area contributed by atoms with E-state index in [1.807, 2.05) is 103 Å². The van der Waals surface area contributed by atoms with E-state index in [0.717, 1.165) is 48.1 Å². The van der Waals surface area contributed by atoms with Gasteiger partial charge in [0.25, 0.3) is 6.47 Å². The average molecular weight is 1130 g/mol. The maximum absolute atomic E-state index is 13.1. The minimum Gasteiger partial charge on any atom is -1.00 e. The number of pyridine rings is 2. The van der Waals surface area contributed by atoms with Crippen LogP contribution in [0.15, 0.2) is 85.2 Å². The van der Waals surface area contributed by atoms with Crippen LogP contribution in [0.1, 0.15) is 26.7 Å². The topological polar surface area (TPSA) is 187 Å². The van der Waals surface area contributed by atoms with Crippen molar-refractivity contribution in [2.45, 2.75) is 46.3 Å². The van der Waals surface area contributed by atoms with Crippen LogP contribution < -0.4 is 127 Å². The number of amides is 2. The van der Waals surface area contributed by atoms with Crippen molar-refractivity contribution < 1.29 is 138 Å². The molecule has 6 aromatic rings. The Morgan fingerprint density at radius 2 is 1.23 bits per heavy atom. The summed E-state index contributed by atoms with van der Waals surface area (Å²) in [7, 11) is 3.21. The van der Waals surface area contributed by atoms with E-state index in [4.69, 9.17) is 77.5 Å². The van der Waals surface area contributed by atoms with Gasteiger partial charge in [0.2, 0.25) is 11.8 Å². The van der Waals surface area contributed by atoms with Crippen molar-refractivity contribution in [3.05, 3.63) is 117 Å². The normalized spacial score (nSPS) is 14.9. The molecule has 0 bridgehead atoms. The summed E-state index contributed by atoms with van der Waals surface area (Å²) < 4.78 is 12.2. The van der Waals surface area contributed by atoms with Gasteiger partial charge in [-0.25, -0.2) is 0 Å². The van der Waals surface area contributed by atoms with E-state index in [1.54, 1.807) is 31.3 Å². The van der Waals surface area contributed by atoms with Crippen molar-refractivity contribution >= 4 is 87.7 Å². The fourth-order valence-corrected chi connectivity index (χ4v) is 8.50. The number of benzene rings is 2. The Morgan fingerprint density at radius 1 is 0.746 bits per heavy atom. The van der Waals surface area contributed by atoms with Crippen molar-refractivity contribution in [3.63, 3.8) is 0 Å². The van der Waals surface area contributed by atoms with Crippen molar-refractivity contribution in [2.24, 2.45) is 0 Å². The molecule has 1 N–H and O–H groups in total. The Morgan fingerprint density at radius 3 is 1.62 bits per heavy atom. The number of alkyl halides is 1. The second-order valence-corrected chi connectivity index (χ2v) is 17.4. The molecule has 2 atom stereocenters. The van der Waals surface area contributed by atoms with Gasteiger partial charge in [-0.05, 0) is 76.2 Å². The zero-order chi connectivity index (χ0) is 50.2. The summed E-state index contributed by atoms with van der Waals surface area (Å²) in [6.07, 6.45) is 3.41. The SMILES string of the molecule is COc1cc(N2CCN(C(=O)CCl)[C@@H](C)C2)ccc1Cl.COc1cc(N2CCN(C(=O)Cn3nc(-c4ccccn4)c(Cl)c3C)[C@@H](C)C2)ccc1Cl.Cc1[nH]nc(-c2ccccn2)c1Cl.O=CO[O-].[H-].[K+].[K+]. The second-order valence-electron chi connectivity index (χ2n) is 15.6. The predicted octanol–water partition coefficient (Wildman–Crippen LogP) is 1.92. The number of ether oxygens (including phenoxy) is 2. The van der Waals surface area contributed by atoms with Gasteiger partial charge < -0.3 is 40.6 Å². The van der Waals surface area contributed by atoms with Crippen LogP contribution in [-0.4, -0.2) is 129 Å². The molecule has 0 spiro atoms. The molecule has 0 unspecified atom stereocenters. The summed E-state index contributed by atoms with van der Waals surface area (Å²) in [6, 6.07) is 22.9. The van der Waals surface area contributed by atoms with Crippen LogP contribution in [0.5, 0.6) is 11.5 Å². The van der Waals surface area contributed by atoms with Crippen LogP contribution >= 0.6 is 58.0 Å². The average Bonchev–Trinajstić information content (AvgIpc) is 3.86. The number of nitrogens with one attached hydrogen (secondary N) is 1. The number of aromatic nitrogens is 6. The monoisotopic (exact) mass is 1120 g/mol. The van der Waals surface area contributed by atoms with Crippen molar-refractivity contribution in [3.8, 4) is 34.3 Å². The molecule has 2 aromatic carbocycles. The molecule has 71 heavy (non-hydrogen) atoms. The summed E-state index contributed by atoms with van der Waals surface area (Å²) in [5.74, 6) is 1.35. The quantitative estimate of drug-likeness (QED) is 0.0691. The molecule has 24 heteroatoms. The number of carbonyl (C=O) groups is 3. The molecule has 2 aliphatic heterocycles. The third-order valence-corrected chi connectivity index (χ3v) is 12.9. The van der Waals surface area contributed by atoms with Gasteiger partial charge in [0, 0.05) is 87.3 Å². The van der Waals surface area contributed by atoms with Gasteiger partial charge in [-0.2, -0.15) is 10.2 Å². The Labute approximate surface area is 525 Å². The van der Waals surface area contributed by atoms with E-state index in [0.29, 0.717) is 68.3 Å². The molecule has 2 saturated heterocycles. The molecule has 0 radical (unpaired) electrons. The van der Waals surface area contributed by atoms with Crippen LogP contribution in [0, 0.1) is 13.8 Å². The van der Waals surface area contributed by atoms with Crippen LogP contribution in [0.3, 0.4) is 0 Å². The van der Waals surface area contributed by atoms with Crippen LogP contribution in [0.2, 0.25) is 20.1 Å². The Kier molecular flexibility index (Phi) is 27.7. The number of hydrogen-bond donors (Lipinski definition) is 1. The number of piperazine rings is 2. The molecule has 0 saturated carbocycles. The molecular weight excluding hydrogens is 1070 g/mol. The molecule has 8 rings (SSSR count). The first-order chi connectivity index (χ1) is 33.1. The minimum absolute atomic E-state index is 0. The third kappa shape index (κ3) is 17.2. The van der Waals surface area contributed by atoms with Gasteiger partial charge in [0.15, 0.2) is 0 Å². The zero-order valence-corrected chi connectivity index (χ0v) is 50.8. The first-order valence-corrected chi connectivity index (χ1v) is 23.5. The molecule has 0 aliphatic carbocycles. The van der Waals surface area contributed by atoms with Gasteiger partial charge in [-0.1, -0.05) is 58.5 Å². The van der Waals surface area contributed by atoms with E-state index in [9.17, 15) is 9.59 Å². The summed E-state index contributed by atoms with van der Waals surface area (Å²) in [6.45, 7) is 12.1. The van der Waals surface area contributed by atoms with Gasteiger partial charge in [-0.15, -0.1) is 11.6 Å². The first kappa shape index (κ1) is 62.7. The maximum atomic E-state index is 13.1. The molecule has 17 nitrogen and oxygen atoms in total. The number of halogens is 5. The summed E-state index contributed by atoms with van der Waals surface area (Å²) in [4.78, 5) is 52.8. The van der Waals surface area contributed by atoms with Gasteiger partial charge in [-0.3, -0.25) is 34.1 Å². The molecule has 2 fully saturated rings. The zero-order valence-electron chi connectivity index (χ0n) is 41.7. The predicted molar refractivity (Wildman–Crippen MR) is 269 cm³/mol. The number of H-pyrrole nitrogens is 1. The molecule has 2 aliphatic rings. The molecule has 2 amide bonds. The van der Waals surface area contributed by atoms with E-state index in [1.165, 1.54) is 0 Å².